The van der Waals surface area contributed by atoms with E-state index in [2.05, 4.69) is 4.98 Å². The fourth-order valence-electron chi connectivity index (χ4n) is 3.17. The summed E-state index contributed by atoms with van der Waals surface area (Å²) in [7, 11) is 4.72. The van der Waals surface area contributed by atoms with Gasteiger partial charge in [0.15, 0.2) is 11.5 Å². The number of hydrogen-bond acceptors (Lipinski definition) is 7. The molecule has 0 fully saturated rings. The van der Waals surface area contributed by atoms with Gasteiger partial charge in [-0.1, -0.05) is 23.2 Å². The van der Waals surface area contributed by atoms with Crippen molar-refractivity contribution in [1.82, 2.24) is 9.66 Å². The molecule has 0 aliphatic rings. The van der Waals surface area contributed by atoms with Gasteiger partial charge in [-0.2, -0.15) is 5.10 Å². The number of pyridine rings is 1. The van der Waals surface area contributed by atoms with Crippen molar-refractivity contribution in [2.45, 2.75) is 0 Å². The smallest absolute Gasteiger partial charge is 0.211 e. The van der Waals surface area contributed by atoms with Crippen molar-refractivity contribution in [1.29, 1.82) is 0 Å². The maximum Gasteiger partial charge on any atom is 0.211 e. The largest absolute Gasteiger partial charge is 0.496 e. The fourth-order valence-corrected chi connectivity index (χ4v) is 4.41. The number of methoxy groups -OCH3 is 3. The average molecular weight is 515 g/mol. The summed E-state index contributed by atoms with van der Waals surface area (Å²) in [6.45, 7) is 0. The van der Waals surface area contributed by atoms with Gasteiger partial charge in [0.05, 0.1) is 50.1 Å². The number of hydrogen-bond donors (Lipinski definition) is 0. The molecule has 7 nitrogen and oxygen atoms in total. The zero-order chi connectivity index (χ0) is 24.1. The molecular formula is C24H20Cl2N4O3S. The number of thiazole rings is 1. The number of aromatic nitrogens is 2. The van der Waals surface area contributed by atoms with E-state index in [1.807, 2.05) is 17.5 Å². The molecule has 0 bridgehead atoms. The minimum Gasteiger partial charge on any atom is -0.496 e. The van der Waals surface area contributed by atoms with Crippen LogP contribution in [0.25, 0.3) is 11.3 Å². The summed E-state index contributed by atoms with van der Waals surface area (Å²) >= 11 is 14.2. The van der Waals surface area contributed by atoms with E-state index in [9.17, 15) is 0 Å². The van der Waals surface area contributed by atoms with Gasteiger partial charge in [0.25, 0.3) is 0 Å². The van der Waals surface area contributed by atoms with E-state index in [1.54, 1.807) is 74.9 Å². The van der Waals surface area contributed by atoms with Gasteiger partial charge in [-0.15, -0.1) is 11.3 Å². The molecule has 174 valence electrons. The van der Waals surface area contributed by atoms with E-state index >= 15 is 0 Å². The highest BCUT2D eigenvalue weighted by molar-refractivity contribution is 7.07. The van der Waals surface area contributed by atoms with Gasteiger partial charge in [0.2, 0.25) is 4.80 Å². The van der Waals surface area contributed by atoms with Crippen LogP contribution >= 0.6 is 34.5 Å². The highest BCUT2D eigenvalue weighted by atomic mass is 35.5. The van der Waals surface area contributed by atoms with Crippen molar-refractivity contribution in [3.63, 3.8) is 0 Å². The molecule has 0 radical (unpaired) electrons. The summed E-state index contributed by atoms with van der Waals surface area (Å²) in [5.41, 5.74) is 2.85. The lowest BCUT2D eigenvalue weighted by Gasteiger charge is -2.12. The first kappa shape index (κ1) is 23.8. The van der Waals surface area contributed by atoms with Crippen molar-refractivity contribution < 1.29 is 14.2 Å². The van der Waals surface area contributed by atoms with E-state index < -0.39 is 0 Å². The molecule has 0 saturated heterocycles. The maximum absolute atomic E-state index is 6.50. The van der Waals surface area contributed by atoms with Crippen molar-refractivity contribution in [2.24, 2.45) is 10.1 Å². The van der Waals surface area contributed by atoms with Gasteiger partial charge < -0.3 is 14.2 Å². The molecule has 4 aromatic rings. The summed E-state index contributed by atoms with van der Waals surface area (Å²) in [4.78, 5) is 9.46. The zero-order valence-electron chi connectivity index (χ0n) is 18.5. The van der Waals surface area contributed by atoms with Crippen LogP contribution in [0.2, 0.25) is 10.0 Å². The summed E-state index contributed by atoms with van der Waals surface area (Å²) in [6.07, 6.45) is 5.04. The summed E-state index contributed by atoms with van der Waals surface area (Å²) < 4.78 is 18.0. The Bertz CT molecular complexity index is 1400. The molecule has 0 spiro atoms. The normalized spacial score (nSPS) is 11.7. The van der Waals surface area contributed by atoms with Crippen molar-refractivity contribution in [2.75, 3.05) is 21.3 Å². The Morgan fingerprint density at radius 1 is 0.971 bits per heavy atom. The SMILES string of the molecule is COc1cc(OC)c(OC)cc1C=Nn1c(-c2cc(Cl)ccc2Cl)csc1=Nc1cccnc1. The van der Waals surface area contributed by atoms with Gasteiger partial charge >= 0.3 is 0 Å². The molecule has 0 atom stereocenters. The second kappa shape index (κ2) is 10.7. The van der Waals surface area contributed by atoms with Crippen LogP contribution in [0.15, 0.2) is 70.3 Å². The Kier molecular flexibility index (Phi) is 7.52. The monoisotopic (exact) mass is 514 g/mol. The number of rotatable bonds is 7. The second-order valence-electron chi connectivity index (χ2n) is 6.86. The van der Waals surface area contributed by atoms with Gasteiger partial charge in [-0.05, 0) is 36.4 Å². The Hall–Kier alpha value is -3.33. The third-order valence-corrected chi connectivity index (χ3v) is 6.19. The number of nitrogens with zero attached hydrogens (tertiary/aromatic N) is 4. The number of halogens is 2. The maximum atomic E-state index is 6.50. The van der Waals surface area contributed by atoms with Crippen molar-refractivity contribution >= 4 is 46.4 Å². The predicted octanol–water partition coefficient (Wildman–Crippen LogP) is 6.06. The van der Waals surface area contributed by atoms with E-state index in [0.29, 0.717) is 43.3 Å². The van der Waals surface area contributed by atoms with Crippen LogP contribution < -0.4 is 19.0 Å². The lowest BCUT2D eigenvalue weighted by Crippen LogP contribution is -2.12. The van der Waals surface area contributed by atoms with Gasteiger partial charge in [0, 0.05) is 33.8 Å². The molecule has 4 rings (SSSR count). The average Bonchev–Trinajstić information content (AvgIpc) is 3.26. The van der Waals surface area contributed by atoms with E-state index in [-0.39, 0.29) is 0 Å². The first-order valence-corrected chi connectivity index (χ1v) is 11.6. The molecule has 10 heteroatoms. The molecule has 0 aliphatic carbocycles. The number of ether oxygens (including phenoxy) is 3. The summed E-state index contributed by atoms with van der Waals surface area (Å²) in [5, 5.41) is 7.76. The van der Waals surface area contributed by atoms with Crippen LogP contribution in [0.4, 0.5) is 5.69 Å². The van der Waals surface area contributed by atoms with Crippen molar-refractivity contribution in [3.05, 3.63) is 80.6 Å². The van der Waals surface area contributed by atoms with Gasteiger partial charge in [-0.25, -0.2) is 9.67 Å². The Balaban J connectivity index is 1.90. The summed E-state index contributed by atoms with van der Waals surface area (Å²) in [5.74, 6) is 1.68. The molecule has 0 aliphatic heterocycles. The van der Waals surface area contributed by atoms with E-state index in [0.717, 1.165) is 11.3 Å². The Labute approximate surface area is 210 Å². The first-order valence-electron chi connectivity index (χ1n) is 9.99. The zero-order valence-corrected chi connectivity index (χ0v) is 20.9. The quantitative estimate of drug-likeness (QED) is 0.281. The lowest BCUT2D eigenvalue weighted by molar-refractivity contribution is 0.349. The molecule has 2 heterocycles. The van der Waals surface area contributed by atoms with E-state index in [1.165, 1.54) is 11.3 Å². The van der Waals surface area contributed by atoms with Crippen LogP contribution in [0.5, 0.6) is 17.2 Å². The van der Waals surface area contributed by atoms with Crippen LogP contribution in [-0.4, -0.2) is 37.2 Å². The molecule has 0 amide bonds. The third-order valence-electron chi connectivity index (χ3n) is 4.81. The van der Waals surface area contributed by atoms with Crippen molar-refractivity contribution in [3.8, 4) is 28.5 Å². The van der Waals surface area contributed by atoms with Crippen LogP contribution in [0.1, 0.15) is 5.56 Å². The van der Waals surface area contributed by atoms with E-state index in [4.69, 9.17) is 47.5 Å². The molecule has 0 N–H and O–H groups in total. The molecule has 34 heavy (non-hydrogen) atoms. The topological polar surface area (TPSA) is 70.2 Å². The molecule has 2 aromatic heterocycles. The fraction of sp³-hybridized carbons (Fsp3) is 0.125. The van der Waals surface area contributed by atoms with Crippen LogP contribution in [-0.2, 0) is 0 Å². The Morgan fingerprint density at radius 3 is 2.44 bits per heavy atom. The van der Waals surface area contributed by atoms with Crippen LogP contribution in [0.3, 0.4) is 0 Å². The predicted molar refractivity (Wildman–Crippen MR) is 136 cm³/mol. The minimum absolute atomic E-state index is 0.544. The second-order valence-corrected chi connectivity index (χ2v) is 8.54. The third kappa shape index (κ3) is 5.09. The van der Waals surface area contributed by atoms with Gasteiger partial charge in [0.1, 0.15) is 5.75 Å². The highest BCUT2D eigenvalue weighted by Crippen LogP contribution is 2.34. The standard InChI is InChI=1S/C24H20Cl2N4O3S/c1-31-21-11-23(33-3)22(32-2)9-15(21)12-28-30-20(18-10-16(25)6-7-19(18)26)14-34-24(30)29-17-5-4-8-27-13-17/h4-14H,1-3H3. The first-order chi connectivity index (χ1) is 16.5. The number of benzene rings is 2. The Morgan fingerprint density at radius 2 is 1.74 bits per heavy atom. The molecule has 0 saturated carbocycles. The molecular weight excluding hydrogens is 495 g/mol. The summed E-state index contributed by atoms with van der Waals surface area (Å²) in [6, 6.07) is 12.5. The van der Waals surface area contributed by atoms with Gasteiger partial charge in [-0.3, -0.25) is 4.98 Å². The minimum atomic E-state index is 0.544. The molecule has 2 aromatic carbocycles. The lowest BCUT2D eigenvalue weighted by atomic mass is 10.2. The van der Waals surface area contributed by atoms with Crippen LogP contribution in [0, 0.1) is 0 Å². The molecule has 0 unspecified atom stereocenters. The highest BCUT2D eigenvalue weighted by Gasteiger charge is 2.14.